The van der Waals surface area contributed by atoms with Crippen molar-refractivity contribution in [2.45, 2.75) is 88.9 Å². The molecule has 0 amide bonds. The van der Waals surface area contributed by atoms with Gasteiger partial charge in [-0.2, -0.15) is 8.42 Å². The van der Waals surface area contributed by atoms with Crippen LogP contribution in [0.3, 0.4) is 0 Å². The van der Waals surface area contributed by atoms with Gasteiger partial charge in [0.2, 0.25) is 0 Å². The van der Waals surface area contributed by atoms with Crippen LogP contribution < -0.4 is 9.47 Å². The van der Waals surface area contributed by atoms with Crippen LogP contribution in [-0.4, -0.2) is 107 Å². The lowest BCUT2D eigenvalue weighted by atomic mass is 9.91. The number of hydrogen-bond acceptors (Lipinski definition) is 9. The van der Waals surface area contributed by atoms with E-state index < -0.39 is 10.1 Å². The van der Waals surface area contributed by atoms with Gasteiger partial charge in [-0.05, 0) is 69.8 Å². The molecule has 0 unspecified atom stereocenters. The number of hydrogen-bond donors (Lipinski definition) is 1. The van der Waals surface area contributed by atoms with Gasteiger partial charge in [0.25, 0.3) is 10.1 Å². The van der Waals surface area contributed by atoms with E-state index in [0.717, 1.165) is 88.1 Å². The monoisotopic (exact) mass is 598 g/mol. The number of rotatable bonds is 18. The van der Waals surface area contributed by atoms with Crippen LogP contribution in [-0.2, 0) is 30.8 Å². The van der Waals surface area contributed by atoms with Gasteiger partial charge < -0.3 is 23.8 Å². The lowest BCUT2D eigenvalue weighted by Gasteiger charge is -2.37. The molecule has 0 radical (unpaired) electrons. The summed E-state index contributed by atoms with van der Waals surface area (Å²) in [5, 5.41) is 0. The van der Waals surface area contributed by atoms with E-state index in [-0.39, 0.29) is 23.9 Å². The van der Waals surface area contributed by atoms with Crippen molar-refractivity contribution in [3.63, 3.8) is 0 Å². The predicted octanol–water partition coefficient (Wildman–Crippen LogP) is 3.96. The average molecular weight is 599 g/mol. The van der Waals surface area contributed by atoms with Crippen LogP contribution in [0.2, 0.25) is 0 Å². The zero-order valence-corrected chi connectivity index (χ0v) is 25.9. The number of likely N-dealkylation sites (tertiary alicyclic amines) is 1. The quantitative estimate of drug-likeness (QED) is 0.151. The molecule has 2 fully saturated rings. The third-order valence-electron chi connectivity index (χ3n) is 8.18. The third-order valence-corrected chi connectivity index (χ3v) is 8.88. The molecule has 1 saturated carbocycles. The molecule has 1 aromatic rings. The first kappa shape index (κ1) is 33.6. The second-order valence-electron chi connectivity index (χ2n) is 11.3. The Hall–Kier alpha value is -1.92. The summed E-state index contributed by atoms with van der Waals surface area (Å²) in [5.74, 6) is 1.10. The van der Waals surface area contributed by atoms with Crippen molar-refractivity contribution < 1.29 is 36.7 Å². The van der Waals surface area contributed by atoms with E-state index in [1.807, 2.05) is 24.1 Å². The van der Waals surface area contributed by atoms with Gasteiger partial charge in [0.1, 0.15) is 6.10 Å². The largest absolute Gasteiger partial charge is 0.493 e. The second kappa shape index (κ2) is 17.3. The fraction of sp³-hybridized carbons (Fsp3) is 0.767. The maximum Gasteiger partial charge on any atom is 0.306 e. The number of ether oxygens (including phenoxy) is 4. The number of nitrogens with zero attached hydrogens (tertiary/aromatic N) is 2. The molecular weight excluding hydrogens is 548 g/mol. The Kier molecular flexibility index (Phi) is 14.1. The number of unbranched alkanes of at least 4 members (excludes halogenated alkanes) is 3. The fourth-order valence-corrected chi connectivity index (χ4v) is 6.38. The topological polar surface area (TPSA) is 115 Å². The maximum absolute atomic E-state index is 12.5. The van der Waals surface area contributed by atoms with Crippen molar-refractivity contribution in [1.82, 2.24) is 9.80 Å². The third kappa shape index (κ3) is 12.1. The smallest absolute Gasteiger partial charge is 0.306 e. The Labute approximate surface area is 246 Å². The van der Waals surface area contributed by atoms with Gasteiger partial charge in [-0.3, -0.25) is 14.2 Å². The number of carbonyl (C=O) groups is 1. The summed E-state index contributed by atoms with van der Waals surface area (Å²) in [6.45, 7) is 3.45. The van der Waals surface area contributed by atoms with Gasteiger partial charge >= 0.3 is 5.97 Å². The lowest BCUT2D eigenvalue weighted by Crippen LogP contribution is -2.46. The van der Waals surface area contributed by atoms with Gasteiger partial charge in [0.15, 0.2) is 11.5 Å². The SMILES string of the molecule is COc1ccc(CCO[C@H]2CCCC[C@@H]2N2CC[C@H](OC(=O)CCCCCCN(C)CCS(=O)(=O)O)C2)cc1OC. The molecular formula is C30H50N2O8S. The minimum absolute atomic E-state index is 0.0479. The summed E-state index contributed by atoms with van der Waals surface area (Å²) in [5.41, 5.74) is 1.16. The normalized spacial score (nSPS) is 21.7. The minimum Gasteiger partial charge on any atom is -0.493 e. The van der Waals surface area contributed by atoms with Crippen LogP contribution in [0.25, 0.3) is 0 Å². The highest BCUT2D eigenvalue weighted by Crippen LogP contribution is 2.30. The first-order valence-corrected chi connectivity index (χ1v) is 16.7. The summed E-state index contributed by atoms with van der Waals surface area (Å²) in [4.78, 5) is 16.8. The molecule has 11 heteroatoms. The highest BCUT2D eigenvalue weighted by molar-refractivity contribution is 7.85. The first-order chi connectivity index (χ1) is 19.7. The maximum atomic E-state index is 12.5. The van der Waals surface area contributed by atoms with Crippen LogP contribution >= 0.6 is 0 Å². The number of methoxy groups -OCH3 is 2. The van der Waals surface area contributed by atoms with Crippen molar-refractivity contribution in [1.29, 1.82) is 0 Å². The van der Waals surface area contributed by atoms with Crippen molar-refractivity contribution in [3.05, 3.63) is 23.8 Å². The Morgan fingerprint density at radius 3 is 2.54 bits per heavy atom. The Bertz CT molecular complexity index is 1040. The van der Waals surface area contributed by atoms with Crippen molar-refractivity contribution in [3.8, 4) is 11.5 Å². The molecule has 1 aromatic carbocycles. The van der Waals surface area contributed by atoms with E-state index in [4.69, 9.17) is 23.5 Å². The number of benzene rings is 1. The first-order valence-electron chi connectivity index (χ1n) is 15.1. The Balaban J connectivity index is 1.31. The van der Waals surface area contributed by atoms with Gasteiger partial charge in [-0.1, -0.05) is 31.7 Å². The molecule has 1 N–H and O–H groups in total. The van der Waals surface area contributed by atoms with Crippen LogP contribution in [0, 0.1) is 0 Å². The zero-order valence-electron chi connectivity index (χ0n) is 25.1. The predicted molar refractivity (Wildman–Crippen MR) is 158 cm³/mol. The molecule has 41 heavy (non-hydrogen) atoms. The molecule has 2 aliphatic rings. The van der Waals surface area contributed by atoms with Gasteiger partial charge in [-0.25, -0.2) is 0 Å². The summed E-state index contributed by atoms with van der Waals surface area (Å²) in [6.07, 6.45) is 10.5. The zero-order chi connectivity index (χ0) is 29.7. The standard InChI is InChI=1S/C30H50N2O8S/c1-31(19-21-41(34,35)36)17-9-5-4-6-12-30(33)40-25-15-18-32(23-25)26-10-7-8-11-27(26)39-20-16-24-13-14-28(37-2)29(22-24)38-3/h13-14,22,25-27H,4-12,15-21,23H2,1-3H3,(H,34,35,36)/t25-,26-,27-/m0/s1. The molecule has 1 heterocycles. The second-order valence-corrected chi connectivity index (χ2v) is 12.9. The Morgan fingerprint density at radius 2 is 1.78 bits per heavy atom. The summed E-state index contributed by atoms with van der Waals surface area (Å²) < 4.78 is 53.5. The summed E-state index contributed by atoms with van der Waals surface area (Å²) >= 11 is 0. The molecule has 3 atom stereocenters. The van der Waals surface area contributed by atoms with E-state index in [2.05, 4.69) is 11.0 Å². The van der Waals surface area contributed by atoms with Crippen molar-refractivity contribution in [2.75, 3.05) is 59.8 Å². The molecule has 1 aliphatic carbocycles. The molecule has 234 valence electrons. The lowest BCUT2D eigenvalue weighted by molar-refractivity contribution is -0.148. The molecule has 1 saturated heterocycles. The fourth-order valence-electron chi connectivity index (χ4n) is 5.84. The van der Waals surface area contributed by atoms with E-state index in [9.17, 15) is 13.2 Å². The molecule has 0 aromatic heterocycles. The Morgan fingerprint density at radius 1 is 1.02 bits per heavy atom. The van der Waals surface area contributed by atoms with Gasteiger partial charge in [0.05, 0.1) is 32.7 Å². The van der Waals surface area contributed by atoms with Gasteiger partial charge in [-0.15, -0.1) is 0 Å². The average Bonchev–Trinajstić information content (AvgIpc) is 3.41. The van der Waals surface area contributed by atoms with Crippen LogP contribution in [0.5, 0.6) is 11.5 Å². The highest BCUT2D eigenvalue weighted by atomic mass is 32.2. The molecule has 1 aliphatic heterocycles. The summed E-state index contributed by atoms with van der Waals surface area (Å²) in [6, 6.07) is 6.37. The minimum atomic E-state index is -3.92. The van der Waals surface area contributed by atoms with Crippen LogP contribution in [0.15, 0.2) is 18.2 Å². The number of esters is 1. The van der Waals surface area contributed by atoms with E-state index in [1.165, 1.54) is 12.8 Å². The van der Waals surface area contributed by atoms with Crippen LogP contribution in [0.4, 0.5) is 0 Å². The molecule has 0 spiro atoms. The summed E-state index contributed by atoms with van der Waals surface area (Å²) in [7, 11) is 1.21. The van der Waals surface area contributed by atoms with E-state index in [1.54, 1.807) is 14.2 Å². The number of carbonyl (C=O) groups excluding carboxylic acids is 1. The van der Waals surface area contributed by atoms with Crippen molar-refractivity contribution in [2.24, 2.45) is 0 Å². The van der Waals surface area contributed by atoms with E-state index in [0.29, 0.717) is 25.6 Å². The highest BCUT2D eigenvalue weighted by Gasteiger charge is 2.36. The van der Waals surface area contributed by atoms with Crippen molar-refractivity contribution >= 4 is 16.1 Å². The molecule has 0 bridgehead atoms. The van der Waals surface area contributed by atoms with Crippen LogP contribution in [0.1, 0.15) is 69.8 Å². The van der Waals surface area contributed by atoms with Gasteiger partial charge in [0, 0.05) is 32.1 Å². The molecule has 10 nitrogen and oxygen atoms in total. The molecule has 3 rings (SSSR count). The van der Waals surface area contributed by atoms with E-state index >= 15 is 0 Å².